The lowest BCUT2D eigenvalue weighted by Gasteiger charge is -2.40. The smallest absolute Gasteiger partial charge is 0.312 e. The quantitative estimate of drug-likeness (QED) is 0.586. The molecule has 2 unspecified atom stereocenters. The van der Waals surface area contributed by atoms with Crippen LogP contribution < -0.4 is 5.32 Å². The Kier molecular flexibility index (Phi) is 6.21. The Morgan fingerprint density at radius 2 is 1.97 bits per heavy atom. The Morgan fingerprint density at radius 1 is 1.32 bits per heavy atom. The van der Waals surface area contributed by atoms with Crippen molar-refractivity contribution in [3.05, 3.63) is 0 Å². The van der Waals surface area contributed by atoms with E-state index in [1.165, 1.54) is 4.90 Å². The van der Waals surface area contributed by atoms with E-state index in [2.05, 4.69) is 5.32 Å². The summed E-state index contributed by atoms with van der Waals surface area (Å²) in [6, 6.07) is -1.44. The van der Waals surface area contributed by atoms with Gasteiger partial charge in [-0.2, -0.15) is 0 Å². The fourth-order valence-electron chi connectivity index (χ4n) is 5.86. The average Bonchev–Trinajstić information content (AvgIpc) is 3.22. The summed E-state index contributed by atoms with van der Waals surface area (Å²) < 4.78 is 11.8. The molecule has 3 saturated heterocycles. The van der Waals surface area contributed by atoms with Crippen LogP contribution in [-0.4, -0.2) is 69.8 Å². The van der Waals surface area contributed by atoms with Gasteiger partial charge in [0.25, 0.3) is 0 Å². The van der Waals surface area contributed by atoms with Gasteiger partial charge in [-0.3, -0.25) is 14.4 Å². The molecule has 8 heteroatoms. The minimum atomic E-state index is -1.10. The number of rotatable bonds is 7. The molecule has 3 aliphatic rings. The molecule has 2 amide bonds. The number of aliphatic hydroxyl groups is 1. The summed E-state index contributed by atoms with van der Waals surface area (Å²) in [5.74, 6) is -2.64. The van der Waals surface area contributed by atoms with Gasteiger partial charge in [-0.1, -0.05) is 20.3 Å². The molecule has 0 aromatic rings. The molecule has 1 spiro atoms. The van der Waals surface area contributed by atoms with E-state index in [9.17, 15) is 19.5 Å². The lowest BCUT2D eigenvalue weighted by molar-refractivity contribution is -0.161. The first-order chi connectivity index (χ1) is 14.4. The third kappa shape index (κ3) is 3.65. The average molecular weight is 439 g/mol. The van der Waals surface area contributed by atoms with Gasteiger partial charge in [0, 0.05) is 5.54 Å². The largest absolute Gasteiger partial charge is 0.466 e. The third-order valence-corrected chi connectivity index (χ3v) is 7.35. The summed E-state index contributed by atoms with van der Waals surface area (Å²) in [7, 11) is 0. The van der Waals surface area contributed by atoms with Crippen LogP contribution in [0.3, 0.4) is 0 Å². The van der Waals surface area contributed by atoms with E-state index in [-0.39, 0.29) is 30.9 Å². The number of aliphatic hydroxyl groups excluding tert-OH is 1. The number of fused-ring (bicyclic) bond motifs is 1. The molecule has 3 aliphatic heterocycles. The standard InChI is InChI=1S/C23H38N2O6/c1-8-13(3)14(12-26)25-17(18(27)24-21(4,5)6)23-11-10-22(7,31-23)16(15(23)19(25)28)20(29)30-9-2/h13-17,26H,8-12H2,1-7H3,(H,24,27)/t13-,14-,15-,16+,17?,22-,23?/m0/s1. The molecule has 0 aromatic carbocycles. The second-order valence-electron chi connectivity index (χ2n) is 10.6. The molecule has 176 valence electrons. The highest BCUT2D eigenvalue weighted by molar-refractivity contribution is 5.98. The van der Waals surface area contributed by atoms with Crippen LogP contribution >= 0.6 is 0 Å². The molecule has 7 atom stereocenters. The zero-order valence-corrected chi connectivity index (χ0v) is 19.9. The minimum absolute atomic E-state index is 0.0251. The number of nitrogens with zero attached hydrogens (tertiary/aromatic N) is 1. The molecule has 0 radical (unpaired) electrons. The fraction of sp³-hybridized carbons (Fsp3) is 0.870. The minimum Gasteiger partial charge on any atom is -0.466 e. The highest BCUT2D eigenvalue weighted by Gasteiger charge is 2.79. The van der Waals surface area contributed by atoms with Gasteiger partial charge in [-0.25, -0.2) is 0 Å². The highest BCUT2D eigenvalue weighted by atomic mass is 16.6. The number of nitrogens with one attached hydrogen (secondary N) is 1. The predicted octanol–water partition coefficient (Wildman–Crippen LogP) is 1.64. The van der Waals surface area contributed by atoms with Crippen LogP contribution in [-0.2, 0) is 23.9 Å². The highest BCUT2D eigenvalue weighted by Crippen LogP contribution is 2.63. The van der Waals surface area contributed by atoms with E-state index in [1.54, 1.807) is 6.92 Å². The van der Waals surface area contributed by atoms with Gasteiger partial charge in [0.05, 0.1) is 30.8 Å². The van der Waals surface area contributed by atoms with Crippen molar-refractivity contribution in [2.45, 2.75) is 96.6 Å². The summed E-state index contributed by atoms with van der Waals surface area (Å²) >= 11 is 0. The maximum atomic E-state index is 13.9. The Balaban J connectivity index is 2.12. The van der Waals surface area contributed by atoms with Crippen molar-refractivity contribution in [1.82, 2.24) is 10.2 Å². The predicted molar refractivity (Wildman–Crippen MR) is 114 cm³/mol. The van der Waals surface area contributed by atoms with Crippen LogP contribution in [0, 0.1) is 17.8 Å². The summed E-state index contributed by atoms with van der Waals surface area (Å²) in [6.45, 7) is 13.1. The molecule has 3 fully saturated rings. The fourth-order valence-corrected chi connectivity index (χ4v) is 5.86. The van der Waals surface area contributed by atoms with Crippen LogP contribution in [0.15, 0.2) is 0 Å². The summed E-state index contributed by atoms with van der Waals surface area (Å²) in [5.41, 5.74) is -2.45. The van der Waals surface area contributed by atoms with E-state index in [0.29, 0.717) is 12.8 Å². The number of esters is 1. The maximum Gasteiger partial charge on any atom is 0.312 e. The van der Waals surface area contributed by atoms with Crippen molar-refractivity contribution in [2.75, 3.05) is 13.2 Å². The van der Waals surface area contributed by atoms with Gasteiger partial charge in [-0.05, 0) is 53.4 Å². The Hall–Kier alpha value is -1.67. The van der Waals surface area contributed by atoms with Crippen LogP contribution in [0.4, 0.5) is 0 Å². The zero-order valence-electron chi connectivity index (χ0n) is 19.9. The molecule has 0 aliphatic carbocycles. The molecule has 31 heavy (non-hydrogen) atoms. The Labute approximate surface area is 185 Å². The number of amides is 2. The summed E-state index contributed by atoms with van der Waals surface area (Å²) in [4.78, 5) is 41.9. The van der Waals surface area contributed by atoms with Gasteiger partial charge in [-0.15, -0.1) is 0 Å². The van der Waals surface area contributed by atoms with Crippen molar-refractivity contribution >= 4 is 17.8 Å². The van der Waals surface area contributed by atoms with Crippen LogP contribution in [0.5, 0.6) is 0 Å². The van der Waals surface area contributed by atoms with Gasteiger partial charge in [0.1, 0.15) is 17.6 Å². The molecule has 0 saturated carbocycles. The second-order valence-corrected chi connectivity index (χ2v) is 10.6. The first kappa shape index (κ1) is 24.0. The molecular formula is C23H38N2O6. The lowest BCUT2D eigenvalue weighted by atomic mass is 9.66. The van der Waals surface area contributed by atoms with Crippen LogP contribution in [0.25, 0.3) is 0 Å². The number of likely N-dealkylation sites (tertiary alicyclic amines) is 1. The first-order valence-corrected chi connectivity index (χ1v) is 11.5. The van der Waals surface area contributed by atoms with Crippen molar-refractivity contribution in [3.8, 4) is 0 Å². The van der Waals surface area contributed by atoms with Gasteiger partial charge in [0.2, 0.25) is 11.8 Å². The molecular weight excluding hydrogens is 400 g/mol. The van der Waals surface area contributed by atoms with E-state index in [4.69, 9.17) is 9.47 Å². The maximum absolute atomic E-state index is 13.9. The third-order valence-electron chi connectivity index (χ3n) is 7.35. The van der Waals surface area contributed by atoms with E-state index in [0.717, 1.165) is 6.42 Å². The number of carbonyl (C=O) groups is 3. The van der Waals surface area contributed by atoms with Crippen molar-refractivity contribution in [2.24, 2.45) is 17.8 Å². The van der Waals surface area contributed by atoms with E-state index < -0.39 is 46.6 Å². The van der Waals surface area contributed by atoms with Crippen molar-refractivity contribution in [3.63, 3.8) is 0 Å². The Morgan fingerprint density at radius 3 is 2.48 bits per heavy atom. The molecule has 2 bridgehead atoms. The first-order valence-electron chi connectivity index (χ1n) is 11.5. The summed E-state index contributed by atoms with van der Waals surface area (Å²) in [6.07, 6.45) is 1.81. The topological polar surface area (TPSA) is 105 Å². The van der Waals surface area contributed by atoms with Gasteiger partial charge < -0.3 is 24.8 Å². The van der Waals surface area contributed by atoms with E-state index >= 15 is 0 Å². The molecule has 2 N–H and O–H groups in total. The Bertz CT molecular complexity index is 749. The number of carbonyl (C=O) groups excluding carboxylic acids is 3. The van der Waals surface area contributed by atoms with E-state index in [1.807, 2.05) is 41.5 Å². The van der Waals surface area contributed by atoms with Crippen molar-refractivity contribution in [1.29, 1.82) is 0 Å². The SMILES string of the molecule is CCOC(=O)[C@H]1[C@H]2C(=O)N([C@@H](CO)[C@@H](C)CC)C(C(=O)NC(C)(C)C)C23CC[C@]1(C)O3. The zero-order chi connectivity index (χ0) is 23.4. The molecule has 3 heterocycles. The van der Waals surface area contributed by atoms with Crippen LogP contribution in [0.1, 0.15) is 67.7 Å². The number of hydrogen-bond acceptors (Lipinski definition) is 6. The molecule has 3 rings (SSSR count). The lowest BCUT2D eigenvalue weighted by Crippen LogP contribution is -2.61. The molecule has 0 aromatic heterocycles. The van der Waals surface area contributed by atoms with Crippen molar-refractivity contribution < 1.29 is 29.0 Å². The monoisotopic (exact) mass is 438 g/mol. The normalized spacial score (nSPS) is 36.3. The van der Waals surface area contributed by atoms with Gasteiger partial charge >= 0.3 is 5.97 Å². The molecule has 8 nitrogen and oxygen atoms in total. The van der Waals surface area contributed by atoms with Gasteiger partial charge in [0.15, 0.2) is 0 Å². The second kappa shape index (κ2) is 8.03. The summed E-state index contributed by atoms with van der Waals surface area (Å²) in [5, 5.41) is 13.2. The number of ether oxygens (including phenoxy) is 2. The number of hydrogen-bond donors (Lipinski definition) is 2. The van der Waals surface area contributed by atoms with Crippen LogP contribution in [0.2, 0.25) is 0 Å².